The second-order valence-electron chi connectivity index (χ2n) is 2.33. The largest absolute Gasteiger partial charge is 0.506 e. The van der Waals surface area contributed by atoms with Crippen molar-refractivity contribution in [3.8, 4) is 5.75 Å². The summed E-state index contributed by atoms with van der Waals surface area (Å²) in [6.45, 7) is 0. The van der Waals surface area contributed by atoms with Crippen LogP contribution < -0.4 is 5.73 Å². The number of nitrogens with two attached hydrogens (primary N) is 1. The van der Waals surface area contributed by atoms with Crippen LogP contribution >= 0.6 is 15.9 Å². The van der Waals surface area contributed by atoms with Gasteiger partial charge in [-0.1, -0.05) is 15.9 Å². The van der Waals surface area contributed by atoms with Crippen molar-refractivity contribution in [2.45, 2.75) is 0 Å². The molecular weight excluding hydrogens is 222 g/mol. The molecule has 3 nitrogen and oxygen atoms in total. The van der Waals surface area contributed by atoms with Crippen molar-refractivity contribution in [1.29, 1.82) is 0 Å². The number of benzene rings is 1. The standard InChI is InChI=1S/C8H8BrNO2/c9-4-8(12)5-1-2-6(10)7(11)3-5/h1-3,11H,4,10H2. The zero-order valence-corrected chi connectivity index (χ0v) is 7.84. The maximum atomic E-state index is 11.1. The van der Waals surface area contributed by atoms with Gasteiger partial charge in [0, 0.05) is 5.56 Å². The lowest BCUT2D eigenvalue weighted by molar-refractivity contribution is 0.102. The van der Waals surface area contributed by atoms with Gasteiger partial charge < -0.3 is 10.8 Å². The summed E-state index contributed by atoms with van der Waals surface area (Å²) in [5.74, 6) is -0.132. The molecule has 0 saturated carbocycles. The van der Waals surface area contributed by atoms with Gasteiger partial charge in [0.05, 0.1) is 11.0 Å². The van der Waals surface area contributed by atoms with Gasteiger partial charge in [-0.05, 0) is 18.2 Å². The number of phenolic OH excluding ortho intramolecular Hbond substituents is 1. The quantitative estimate of drug-likeness (QED) is 0.350. The Morgan fingerprint density at radius 2 is 2.25 bits per heavy atom. The summed E-state index contributed by atoms with van der Waals surface area (Å²) in [5, 5.41) is 9.40. The lowest BCUT2D eigenvalue weighted by Gasteiger charge is -2.00. The number of ketones is 1. The van der Waals surface area contributed by atoms with Gasteiger partial charge in [-0.15, -0.1) is 0 Å². The Balaban J connectivity index is 3.05. The van der Waals surface area contributed by atoms with Crippen molar-refractivity contribution in [3.63, 3.8) is 0 Å². The third-order valence-electron chi connectivity index (χ3n) is 1.47. The zero-order valence-electron chi connectivity index (χ0n) is 6.25. The molecule has 0 saturated heterocycles. The van der Waals surface area contributed by atoms with E-state index in [1.54, 1.807) is 6.07 Å². The topological polar surface area (TPSA) is 63.3 Å². The van der Waals surface area contributed by atoms with Crippen LogP contribution in [0, 0.1) is 0 Å². The number of alkyl halides is 1. The van der Waals surface area contributed by atoms with E-state index in [-0.39, 0.29) is 22.6 Å². The molecular formula is C8H8BrNO2. The zero-order chi connectivity index (χ0) is 9.14. The van der Waals surface area contributed by atoms with Gasteiger partial charge >= 0.3 is 0 Å². The Hall–Kier alpha value is -1.03. The van der Waals surface area contributed by atoms with E-state index >= 15 is 0 Å². The molecule has 0 atom stereocenters. The highest BCUT2D eigenvalue weighted by molar-refractivity contribution is 9.09. The number of phenols is 1. The maximum Gasteiger partial charge on any atom is 0.173 e. The Labute approximate surface area is 78.3 Å². The summed E-state index contributed by atoms with van der Waals surface area (Å²) >= 11 is 3.03. The molecule has 64 valence electrons. The van der Waals surface area contributed by atoms with E-state index in [4.69, 9.17) is 10.8 Å². The minimum atomic E-state index is -0.0784. The molecule has 0 heterocycles. The van der Waals surface area contributed by atoms with Gasteiger partial charge in [-0.25, -0.2) is 0 Å². The Bertz CT molecular complexity index is 312. The molecule has 1 aromatic carbocycles. The highest BCUT2D eigenvalue weighted by Crippen LogP contribution is 2.20. The highest BCUT2D eigenvalue weighted by Gasteiger charge is 2.05. The van der Waals surface area contributed by atoms with Crippen LogP contribution in [0.15, 0.2) is 18.2 Å². The van der Waals surface area contributed by atoms with Crippen molar-refractivity contribution in [2.24, 2.45) is 0 Å². The number of halogens is 1. The number of carbonyl (C=O) groups excluding carboxylic acids is 1. The van der Waals surface area contributed by atoms with Crippen LogP contribution in [0.5, 0.6) is 5.75 Å². The molecule has 0 radical (unpaired) electrons. The average molecular weight is 230 g/mol. The molecule has 0 aliphatic carbocycles. The number of nitrogen functional groups attached to an aromatic ring is 1. The predicted octanol–water partition coefficient (Wildman–Crippen LogP) is 1.55. The van der Waals surface area contributed by atoms with Crippen LogP contribution in [-0.2, 0) is 0 Å². The number of Topliss-reactive ketones (excluding diaryl/α,β-unsaturated/α-hetero) is 1. The first-order valence-corrected chi connectivity index (χ1v) is 4.45. The molecule has 0 aliphatic heterocycles. The first kappa shape index (κ1) is 9.06. The summed E-state index contributed by atoms with van der Waals surface area (Å²) in [5.41, 5.74) is 6.09. The van der Waals surface area contributed by atoms with E-state index in [1.165, 1.54) is 12.1 Å². The van der Waals surface area contributed by atoms with Gasteiger partial charge in [0.1, 0.15) is 5.75 Å². The average Bonchev–Trinajstić information content (AvgIpc) is 2.08. The summed E-state index contributed by atoms with van der Waals surface area (Å²) in [4.78, 5) is 11.1. The number of rotatable bonds is 2. The number of anilines is 1. The molecule has 1 rings (SSSR count). The molecule has 3 N–H and O–H groups in total. The molecule has 1 aromatic rings. The summed E-state index contributed by atoms with van der Waals surface area (Å²) in [6.07, 6.45) is 0. The molecule has 0 spiro atoms. The number of aromatic hydroxyl groups is 1. The van der Waals surface area contributed by atoms with E-state index < -0.39 is 0 Å². The van der Waals surface area contributed by atoms with E-state index in [1.807, 2.05) is 0 Å². The van der Waals surface area contributed by atoms with E-state index in [0.29, 0.717) is 5.56 Å². The molecule has 0 fully saturated rings. The molecule has 0 aromatic heterocycles. The van der Waals surface area contributed by atoms with Crippen molar-refractivity contribution >= 4 is 27.4 Å². The molecule has 0 aliphatic rings. The second-order valence-corrected chi connectivity index (χ2v) is 2.89. The van der Waals surface area contributed by atoms with E-state index in [0.717, 1.165) is 0 Å². The number of hydrogen-bond donors (Lipinski definition) is 2. The second kappa shape index (κ2) is 3.58. The van der Waals surface area contributed by atoms with Crippen LogP contribution in [0.4, 0.5) is 5.69 Å². The third-order valence-corrected chi connectivity index (χ3v) is 1.98. The van der Waals surface area contributed by atoms with E-state index in [2.05, 4.69) is 15.9 Å². The fraction of sp³-hybridized carbons (Fsp3) is 0.125. The summed E-state index contributed by atoms with van der Waals surface area (Å²) in [7, 11) is 0. The fourth-order valence-electron chi connectivity index (χ4n) is 0.794. The van der Waals surface area contributed by atoms with Gasteiger partial charge in [-0.3, -0.25) is 4.79 Å². The molecule has 4 heteroatoms. The van der Waals surface area contributed by atoms with E-state index in [9.17, 15) is 4.79 Å². The molecule has 0 bridgehead atoms. The third kappa shape index (κ3) is 1.76. The number of hydrogen-bond acceptors (Lipinski definition) is 3. The van der Waals surface area contributed by atoms with Crippen molar-refractivity contribution in [2.75, 3.05) is 11.1 Å². The van der Waals surface area contributed by atoms with Crippen LogP contribution in [0.1, 0.15) is 10.4 Å². The van der Waals surface area contributed by atoms with Crippen molar-refractivity contribution in [3.05, 3.63) is 23.8 Å². The highest BCUT2D eigenvalue weighted by atomic mass is 79.9. The predicted molar refractivity (Wildman–Crippen MR) is 50.6 cm³/mol. The minimum absolute atomic E-state index is 0.0539. The van der Waals surface area contributed by atoms with Gasteiger partial charge in [-0.2, -0.15) is 0 Å². The fourth-order valence-corrected chi connectivity index (χ4v) is 1.12. The smallest absolute Gasteiger partial charge is 0.173 e. The van der Waals surface area contributed by atoms with Gasteiger partial charge in [0.25, 0.3) is 0 Å². The van der Waals surface area contributed by atoms with Crippen LogP contribution in [-0.4, -0.2) is 16.2 Å². The van der Waals surface area contributed by atoms with Crippen molar-refractivity contribution < 1.29 is 9.90 Å². The van der Waals surface area contributed by atoms with Gasteiger partial charge in [0.15, 0.2) is 5.78 Å². The number of carbonyl (C=O) groups is 1. The van der Waals surface area contributed by atoms with Gasteiger partial charge in [0.2, 0.25) is 0 Å². The van der Waals surface area contributed by atoms with Crippen molar-refractivity contribution in [1.82, 2.24) is 0 Å². The lowest BCUT2D eigenvalue weighted by atomic mass is 10.1. The first-order valence-electron chi connectivity index (χ1n) is 3.33. The summed E-state index contributed by atoms with van der Waals surface area (Å²) in [6, 6.07) is 4.45. The normalized spacial score (nSPS) is 9.75. The lowest BCUT2D eigenvalue weighted by Crippen LogP contribution is -1.99. The van der Waals surface area contributed by atoms with Crippen LogP contribution in [0.2, 0.25) is 0 Å². The summed E-state index contributed by atoms with van der Waals surface area (Å²) < 4.78 is 0. The Kier molecular flexibility index (Phi) is 2.70. The molecule has 12 heavy (non-hydrogen) atoms. The minimum Gasteiger partial charge on any atom is -0.506 e. The monoisotopic (exact) mass is 229 g/mol. The first-order chi connectivity index (χ1) is 5.65. The SMILES string of the molecule is Nc1ccc(C(=O)CBr)cc1O. The van der Waals surface area contributed by atoms with Crippen LogP contribution in [0.25, 0.3) is 0 Å². The Morgan fingerprint density at radius 3 is 2.75 bits per heavy atom. The van der Waals surface area contributed by atoms with Crippen LogP contribution in [0.3, 0.4) is 0 Å². The maximum absolute atomic E-state index is 11.1. The molecule has 0 amide bonds. The Morgan fingerprint density at radius 1 is 1.58 bits per heavy atom. The molecule has 0 unspecified atom stereocenters.